The minimum absolute atomic E-state index is 0.227. The topological polar surface area (TPSA) is 62.7 Å². The molecule has 5 heteroatoms. The summed E-state index contributed by atoms with van der Waals surface area (Å²) in [6, 6.07) is 5.37. The molecule has 0 aliphatic carbocycles. The molecular weight excluding hydrogens is 256 g/mol. The number of aliphatic hydroxyl groups is 1. The molecule has 1 aromatic heterocycles. The molecule has 0 radical (unpaired) electrons. The Balaban J connectivity index is 2.19. The van der Waals surface area contributed by atoms with Crippen LogP contribution in [0.2, 0.25) is 0 Å². The van der Waals surface area contributed by atoms with Crippen molar-refractivity contribution in [1.29, 1.82) is 0 Å². The summed E-state index contributed by atoms with van der Waals surface area (Å²) in [5.74, 6) is 0. The SMILES string of the molecule is CC(C)(C)OC(=O)N1CCC(O)CC1c1ccccn1. The molecular formula is C15H22N2O3. The molecule has 2 unspecified atom stereocenters. The second-order valence-electron chi connectivity index (χ2n) is 6.12. The fraction of sp³-hybridized carbons (Fsp3) is 0.600. The average Bonchev–Trinajstić information content (AvgIpc) is 2.37. The lowest BCUT2D eigenvalue weighted by Crippen LogP contribution is -2.45. The van der Waals surface area contributed by atoms with Crippen LogP contribution in [0.5, 0.6) is 0 Å². The second kappa shape index (κ2) is 5.79. The van der Waals surface area contributed by atoms with Gasteiger partial charge in [0.1, 0.15) is 5.60 Å². The predicted octanol–water partition coefficient (Wildman–Crippen LogP) is 2.51. The Morgan fingerprint density at radius 2 is 2.20 bits per heavy atom. The van der Waals surface area contributed by atoms with Gasteiger partial charge in [0.2, 0.25) is 0 Å². The second-order valence-corrected chi connectivity index (χ2v) is 6.12. The summed E-state index contributed by atoms with van der Waals surface area (Å²) in [5.41, 5.74) is 0.263. The maximum absolute atomic E-state index is 12.3. The Hall–Kier alpha value is -1.62. The summed E-state index contributed by atoms with van der Waals surface area (Å²) >= 11 is 0. The van der Waals surface area contributed by atoms with Crippen LogP contribution in [0.4, 0.5) is 4.79 Å². The zero-order valence-electron chi connectivity index (χ0n) is 12.2. The minimum Gasteiger partial charge on any atom is -0.444 e. The van der Waals surface area contributed by atoms with Gasteiger partial charge in [-0.2, -0.15) is 0 Å². The van der Waals surface area contributed by atoms with Crippen molar-refractivity contribution in [2.24, 2.45) is 0 Å². The molecule has 0 aromatic carbocycles. The van der Waals surface area contributed by atoms with Crippen LogP contribution < -0.4 is 0 Å². The third kappa shape index (κ3) is 3.70. The van der Waals surface area contributed by atoms with Crippen molar-refractivity contribution in [1.82, 2.24) is 9.88 Å². The van der Waals surface area contributed by atoms with E-state index in [0.717, 1.165) is 5.69 Å². The van der Waals surface area contributed by atoms with E-state index in [-0.39, 0.29) is 12.1 Å². The number of pyridine rings is 1. The molecule has 1 aliphatic rings. The number of rotatable bonds is 1. The number of hydrogen-bond acceptors (Lipinski definition) is 4. The van der Waals surface area contributed by atoms with Crippen LogP contribution in [0.1, 0.15) is 45.3 Å². The quantitative estimate of drug-likeness (QED) is 0.857. The molecule has 0 spiro atoms. The van der Waals surface area contributed by atoms with Gasteiger partial charge in [-0.1, -0.05) is 6.07 Å². The maximum atomic E-state index is 12.3. The van der Waals surface area contributed by atoms with E-state index in [1.807, 2.05) is 39.0 Å². The van der Waals surface area contributed by atoms with Crippen molar-refractivity contribution < 1.29 is 14.6 Å². The van der Waals surface area contributed by atoms with Crippen LogP contribution >= 0.6 is 0 Å². The van der Waals surface area contributed by atoms with E-state index < -0.39 is 11.7 Å². The van der Waals surface area contributed by atoms with Gasteiger partial charge in [-0.05, 0) is 45.7 Å². The lowest BCUT2D eigenvalue weighted by atomic mass is 9.97. The number of likely N-dealkylation sites (tertiary alicyclic amines) is 1. The molecule has 0 bridgehead atoms. The Labute approximate surface area is 119 Å². The third-order valence-corrected chi connectivity index (χ3v) is 3.23. The highest BCUT2D eigenvalue weighted by Gasteiger charge is 2.35. The standard InChI is InChI=1S/C15H22N2O3/c1-15(2,3)20-14(19)17-9-7-11(18)10-13(17)12-6-4-5-8-16-12/h4-6,8,11,13,18H,7,9-10H2,1-3H3. The first-order valence-electron chi connectivity index (χ1n) is 6.95. The van der Waals surface area contributed by atoms with Crippen LogP contribution in [0.3, 0.4) is 0 Å². The van der Waals surface area contributed by atoms with E-state index >= 15 is 0 Å². The summed E-state index contributed by atoms with van der Waals surface area (Å²) in [4.78, 5) is 18.3. The highest BCUT2D eigenvalue weighted by atomic mass is 16.6. The first-order valence-corrected chi connectivity index (χ1v) is 6.95. The van der Waals surface area contributed by atoms with Gasteiger partial charge < -0.3 is 9.84 Å². The van der Waals surface area contributed by atoms with Crippen LogP contribution in [-0.4, -0.2) is 39.3 Å². The summed E-state index contributed by atoms with van der Waals surface area (Å²) in [7, 11) is 0. The first kappa shape index (κ1) is 14.8. The molecule has 1 fully saturated rings. The van der Waals surface area contributed by atoms with Crippen molar-refractivity contribution in [3.63, 3.8) is 0 Å². The maximum Gasteiger partial charge on any atom is 0.410 e. The van der Waals surface area contributed by atoms with Crippen LogP contribution in [0.15, 0.2) is 24.4 Å². The number of carbonyl (C=O) groups excluding carboxylic acids is 1. The van der Waals surface area contributed by atoms with Gasteiger partial charge in [0.05, 0.1) is 17.8 Å². The van der Waals surface area contributed by atoms with E-state index in [1.54, 1.807) is 11.1 Å². The predicted molar refractivity (Wildman–Crippen MR) is 75.2 cm³/mol. The molecule has 2 rings (SSSR count). The largest absolute Gasteiger partial charge is 0.444 e. The van der Waals surface area contributed by atoms with Crippen LogP contribution in [-0.2, 0) is 4.74 Å². The molecule has 1 aromatic rings. The zero-order chi connectivity index (χ0) is 14.8. The summed E-state index contributed by atoms with van der Waals surface area (Å²) in [6.45, 7) is 6.02. The van der Waals surface area contributed by atoms with Crippen molar-refractivity contribution >= 4 is 6.09 Å². The molecule has 2 heterocycles. The molecule has 1 amide bonds. The van der Waals surface area contributed by atoms with Gasteiger partial charge in [0, 0.05) is 12.7 Å². The van der Waals surface area contributed by atoms with Gasteiger partial charge >= 0.3 is 6.09 Å². The van der Waals surface area contributed by atoms with Gasteiger partial charge in [-0.25, -0.2) is 4.79 Å². The molecule has 0 saturated carbocycles. The van der Waals surface area contributed by atoms with Gasteiger partial charge in [-0.15, -0.1) is 0 Å². The van der Waals surface area contributed by atoms with Crippen molar-refractivity contribution in [3.05, 3.63) is 30.1 Å². The normalized spacial score (nSPS) is 23.5. The molecule has 1 N–H and O–H groups in total. The number of amides is 1. The van der Waals surface area contributed by atoms with Gasteiger partial charge in [0.15, 0.2) is 0 Å². The highest BCUT2D eigenvalue weighted by Crippen LogP contribution is 2.31. The Morgan fingerprint density at radius 3 is 2.80 bits per heavy atom. The van der Waals surface area contributed by atoms with Gasteiger partial charge in [-0.3, -0.25) is 9.88 Å². The monoisotopic (exact) mass is 278 g/mol. The summed E-state index contributed by atoms with van der Waals surface area (Å²) < 4.78 is 5.44. The lowest BCUT2D eigenvalue weighted by Gasteiger charge is -2.38. The number of carbonyl (C=O) groups is 1. The average molecular weight is 278 g/mol. The number of aliphatic hydroxyl groups excluding tert-OH is 1. The summed E-state index contributed by atoms with van der Waals surface area (Å²) in [5, 5.41) is 9.87. The number of nitrogens with zero attached hydrogens (tertiary/aromatic N) is 2. The van der Waals surface area contributed by atoms with E-state index in [4.69, 9.17) is 4.74 Å². The Bertz CT molecular complexity index is 456. The van der Waals surface area contributed by atoms with Crippen LogP contribution in [0, 0.1) is 0 Å². The fourth-order valence-corrected chi connectivity index (χ4v) is 2.34. The van der Waals surface area contributed by atoms with E-state index in [1.165, 1.54) is 0 Å². The zero-order valence-corrected chi connectivity index (χ0v) is 12.2. The fourth-order valence-electron chi connectivity index (χ4n) is 2.34. The summed E-state index contributed by atoms with van der Waals surface area (Å²) in [6.07, 6.45) is 2.02. The minimum atomic E-state index is -0.526. The Kier molecular flexibility index (Phi) is 4.28. The van der Waals surface area contributed by atoms with E-state index in [2.05, 4.69) is 4.98 Å². The lowest BCUT2D eigenvalue weighted by molar-refractivity contribution is -0.00916. The number of hydrogen-bond donors (Lipinski definition) is 1. The van der Waals surface area contributed by atoms with Crippen molar-refractivity contribution in [3.8, 4) is 0 Å². The molecule has 20 heavy (non-hydrogen) atoms. The van der Waals surface area contributed by atoms with E-state index in [9.17, 15) is 9.90 Å². The molecule has 1 saturated heterocycles. The molecule has 2 atom stereocenters. The smallest absolute Gasteiger partial charge is 0.410 e. The van der Waals surface area contributed by atoms with Crippen LogP contribution in [0.25, 0.3) is 0 Å². The van der Waals surface area contributed by atoms with E-state index in [0.29, 0.717) is 19.4 Å². The number of aromatic nitrogens is 1. The van der Waals surface area contributed by atoms with Crippen molar-refractivity contribution in [2.75, 3.05) is 6.54 Å². The third-order valence-electron chi connectivity index (χ3n) is 3.23. The molecule has 5 nitrogen and oxygen atoms in total. The first-order chi connectivity index (χ1) is 9.37. The van der Waals surface area contributed by atoms with Crippen molar-refractivity contribution in [2.45, 2.75) is 51.4 Å². The Morgan fingerprint density at radius 1 is 1.45 bits per heavy atom. The molecule has 1 aliphatic heterocycles. The molecule has 110 valence electrons. The number of piperidine rings is 1. The highest BCUT2D eigenvalue weighted by molar-refractivity contribution is 5.69. The van der Waals surface area contributed by atoms with Gasteiger partial charge in [0.25, 0.3) is 0 Å². The number of ether oxygens (including phenoxy) is 1.